The Labute approximate surface area is 329 Å². The molecular formula is C44H47F2N5O6. The maximum absolute atomic E-state index is 16.5. The minimum Gasteiger partial charge on any atom is -0.444 e. The van der Waals surface area contributed by atoms with Crippen molar-refractivity contribution in [2.45, 2.75) is 116 Å². The second-order valence-corrected chi connectivity index (χ2v) is 18.3. The Balaban J connectivity index is 1.18. The molecule has 2 aromatic heterocycles. The summed E-state index contributed by atoms with van der Waals surface area (Å²) in [4.78, 5) is 51.5. The van der Waals surface area contributed by atoms with Gasteiger partial charge in [-0.15, -0.1) is 0 Å². The van der Waals surface area contributed by atoms with Crippen LogP contribution in [0.15, 0.2) is 67.1 Å². The second-order valence-electron chi connectivity index (χ2n) is 18.3. The molecule has 13 heteroatoms. The highest BCUT2D eigenvalue weighted by molar-refractivity contribution is 5.92. The van der Waals surface area contributed by atoms with Gasteiger partial charge in [0.15, 0.2) is 0 Å². The third kappa shape index (κ3) is 6.84. The van der Waals surface area contributed by atoms with Gasteiger partial charge >= 0.3 is 18.3 Å². The number of fused-ring (bicyclic) bond motifs is 6. The molecule has 3 heterocycles. The van der Waals surface area contributed by atoms with Gasteiger partial charge in [-0.25, -0.2) is 33.5 Å². The number of nitrogens with zero attached hydrogens (tertiary/aromatic N) is 5. The van der Waals surface area contributed by atoms with E-state index < -0.39 is 47.0 Å². The van der Waals surface area contributed by atoms with Gasteiger partial charge < -0.3 is 14.2 Å². The quantitative estimate of drug-likeness (QED) is 0.166. The van der Waals surface area contributed by atoms with Crippen LogP contribution in [-0.4, -0.2) is 65.1 Å². The molecule has 57 heavy (non-hydrogen) atoms. The van der Waals surface area contributed by atoms with E-state index in [1.807, 2.05) is 20.8 Å². The zero-order valence-electron chi connectivity index (χ0n) is 33.6. The standard InChI is InChI=1S/C44H47F2N5O6/c1-41(2,3)55-38(52)49-23-47-22-35(49)26-12-16-30-29-15-11-24(19-31(29)44(45,46)32(30)20-26)25-13-17-33-34(21-25)51(40(54)57-43(7,8)9)37(48-33)36-27-10-14-28(18-27)50(36)39(53)56-42(4,5)6/h11-13,15-17,19-23,27-28,36H,10,14,18H2,1-9H3/t27-,28+,36?/m0/s1. The molecule has 1 amide bonds. The van der Waals surface area contributed by atoms with Gasteiger partial charge in [-0.3, -0.25) is 4.90 Å². The van der Waals surface area contributed by atoms with E-state index in [0.29, 0.717) is 50.4 Å². The van der Waals surface area contributed by atoms with Crippen molar-refractivity contribution in [2.75, 3.05) is 0 Å². The third-order valence-electron chi connectivity index (χ3n) is 10.6. The molecule has 3 aliphatic rings. The number of hydrogen-bond acceptors (Lipinski definition) is 8. The number of piperidine rings is 1. The summed E-state index contributed by atoms with van der Waals surface area (Å²) in [7, 11) is 0. The highest BCUT2D eigenvalue weighted by Gasteiger charge is 2.52. The van der Waals surface area contributed by atoms with Gasteiger partial charge in [0.1, 0.15) is 29.0 Å². The Bertz CT molecular complexity index is 2460. The topological polar surface area (TPSA) is 118 Å². The average molecular weight is 780 g/mol. The van der Waals surface area contributed by atoms with Gasteiger partial charge in [-0.2, -0.15) is 8.78 Å². The SMILES string of the molecule is CC(C)(C)OC(=O)N1C(c2nc3ccc(-c4ccc5c(c4)C(F)(F)c4cc(-c6cncn6C(=O)OC(C)(C)C)ccc4-5)cc3n2C(=O)OC(C)(C)C)[C@H]2CC[C@@H]1C2. The number of hydrogen-bond donors (Lipinski definition) is 0. The minimum atomic E-state index is -3.37. The van der Waals surface area contributed by atoms with Crippen molar-refractivity contribution >= 4 is 29.3 Å². The predicted molar refractivity (Wildman–Crippen MR) is 210 cm³/mol. The van der Waals surface area contributed by atoms with Crippen molar-refractivity contribution in [3.8, 4) is 33.5 Å². The van der Waals surface area contributed by atoms with Gasteiger partial charge in [-0.05, 0) is 134 Å². The summed E-state index contributed by atoms with van der Waals surface area (Å²) in [6.07, 6.45) is 3.46. The number of alkyl halides is 2. The molecule has 0 spiro atoms. The van der Waals surface area contributed by atoms with E-state index >= 15 is 8.78 Å². The Morgan fingerprint density at radius 2 is 1.28 bits per heavy atom. The van der Waals surface area contributed by atoms with Gasteiger partial charge in [0.05, 0.1) is 29.0 Å². The van der Waals surface area contributed by atoms with Crippen LogP contribution in [-0.2, 0) is 20.1 Å². The van der Waals surface area contributed by atoms with Gasteiger partial charge in [-0.1, -0.05) is 30.3 Å². The molecule has 2 aliphatic carbocycles. The molecule has 298 valence electrons. The summed E-state index contributed by atoms with van der Waals surface area (Å²) in [5, 5.41) is 0. The highest BCUT2D eigenvalue weighted by atomic mass is 19.3. The highest BCUT2D eigenvalue weighted by Crippen LogP contribution is 2.54. The molecule has 5 aromatic rings. The number of benzene rings is 3. The number of rotatable bonds is 3. The first-order chi connectivity index (χ1) is 26.6. The molecule has 1 aliphatic heterocycles. The number of amides is 1. The first-order valence-corrected chi connectivity index (χ1v) is 19.3. The van der Waals surface area contributed by atoms with Crippen molar-refractivity contribution < 1.29 is 37.4 Å². The van der Waals surface area contributed by atoms with Crippen LogP contribution >= 0.6 is 0 Å². The van der Waals surface area contributed by atoms with Crippen LogP contribution in [0.2, 0.25) is 0 Å². The molecule has 0 N–H and O–H groups in total. The largest absolute Gasteiger partial charge is 0.444 e. The van der Waals surface area contributed by atoms with E-state index in [2.05, 4.69) is 4.98 Å². The zero-order chi connectivity index (χ0) is 41.0. The zero-order valence-corrected chi connectivity index (χ0v) is 33.6. The van der Waals surface area contributed by atoms with Gasteiger partial charge in [0, 0.05) is 22.7 Å². The van der Waals surface area contributed by atoms with Crippen LogP contribution in [0, 0.1) is 5.92 Å². The Kier molecular flexibility index (Phi) is 8.71. The lowest BCUT2D eigenvalue weighted by Crippen LogP contribution is -2.44. The average Bonchev–Trinajstić information content (AvgIpc) is 3.93. The van der Waals surface area contributed by atoms with E-state index in [1.165, 1.54) is 33.8 Å². The third-order valence-corrected chi connectivity index (χ3v) is 10.6. The molecule has 2 bridgehead atoms. The molecule has 0 radical (unpaired) electrons. The number of imidazole rings is 2. The Morgan fingerprint density at radius 1 is 0.719 bits per heavy atom. The first-order valence-electron chi connectivity index (χ1n) is 19.3. The maximum Gasteiger partial charge on any atom is 0.420 e. The molecule has 1 saturated carbocycles. The molecule has 11 nitrogen and oxygen atoms in total. The molecule has 8 rings (SSSR count). The monoisotopic (exact) mass is 779 g/mol. The molecule has 3 atom stereocenters. The van der Waals surface area contributed by atoms with E-state index in [4.69, 9.17) is 19.2 Å². The van der Waals surface area contributed by atoms with Crippen molar-refractivity contribution in [3.63, 3.8) is 0 Å². The predicted octanol–water partition coefficient (Wildman–Crippen LogP) is 10.7. The lowest BCUT2D eigenvalue weighted by Gasteiger charge is -2.36. The fourth-order valence-corrected chi connectivity index (χ4v) is 8.40. The van der Waals surface area contributed by atoms with E-state index in [1.54, 1.807) is 88.9 Å². The lowest BCUT2D eigenvalue weighted by atomic mass is 9.98. The molecule has 1 unspecified atom stereocenters. The first kappa shape index (κ1) is 38.3. The van der Waals surface area contributed by atoms with Gasteiger partial charge in [0.25, 0.3) is 5.92 Å². The Hall–Kier alpha value is -5.59. The number of ether oxygens (including phenoxy) is 3. The molecule has 2 fully saturated rings. The lowest BCUT2D eigenvalue weighted by molar-refractivity contribution is 0.00503. The summed E-state index contributed by atoms with van der Waals surface area (Å²) >= 11 is 0. The molecular weight excluding hydrogens is 733 g/mol. The Morgan fingerprint density at radius 3 is 1.93 bits per heavy atom. The van der Waals surface area contributed by atoms with Crippen LogP contribution < -0.4 is 0 Å². The summed E-state index contributed by atoms with van der Waals surface area (Å²) in [5.41, 5.74) is 0.880. The number of carbonyl (C=O) groups excluding carboxylic acids is 3. The van der Waals surface area contributed by atoms with E-state index in [-0.39, 0.29) is 23.1 Å². The van der Waals surface area contributed by atoms with Crippen LogP contribution in [0.3, 0.4) is 0 Å². The molecule has 1 saturated heterocycles. The van der Waals surface area contributed by atoms with Crippen LogP contribution in [0.1, 0.15) is 105 Å². The van der Waals surface area contributed by atoms with Crippen LogP contribution in [0.4, 0.5) is 23.2 Å². The maximum atomic E-state index is 16.5. The fourth-order valence-electron chi connectivity index (χ4n) is 8.40. The summed E-state index contributed by atoms with van der Waals surface area (Å²) in [6.45, 7) is 16.0. The van der Waals surface area contributed by atoms with Crippen molar-refractivity contribution in [3.05, 3.63) is 84.1 Å². The molecule has 3 aromatic carbocycles. The van der Waals surface area contributed by atoms with Crippen LogP contribution in [0.5, 0.6) is 0 Å². The summed E-state index contributed by atoms with van der Waals surface area (Å²) in [6, 6.07) is 14.4. The van der Waals surface area contributed by atoms with E-state index in [0.717, 1.165) is 19.3 Å². The number of aromatic nitrogens is 4. The summed E-state index contributed by atoms with van der Waals surface area (Å²) < 4.78 is 53.0. The van der Waals surface area contributed by atoms with Crippen molar-refractivity contribution in [1.29, 1.82) is 0 Å². The second kappa shape index (κ2) is 13.0. The summed E-state index contributed by atoms with van der Waals surface area (Å²) in [5.74, 6) is -2.91. The number of halogens is 2. The van der Waals surface area contributed by atoms with E-state index in [9.17, 15) is 14.4 Å². The number of likely N-dealkylation sites (tertiary alicyclic amines) is 1. The van der Waals surface area contributed by atoms with Crippen molar-refractivity contribution in [1.82, 2.24) is 24.0 Å². The fraction of sp³-hybridized carbons (Fsp3) is 0.432. The minimum absolute atomic E-state index is 0.0438. The van der Waals surface area contributed by atoms with Crippen molar-refractivity contribution in [2.24, 2.45) is 5.92 Å². The van der Waals surface area contributed by atoms with Gasteiger partial charge in [0.2, 0.25) is 0 Å². The smallest absolute Gasteiger partial charge is 0.420 e. The normalized spacial score (nSPS) is 19.8. The number of carbonyl (C=O) groups is 3. The van der Waals surface area contributed by atoms with Crippen LogP contribution in [0.25, 0.3) is 44.5 Å².